The van der Waals surface area contributed by atoms with Crippen molar-refractivity contribution in [2.45, 2.75) is 19.0 Å². The van der Waals surface area contributed by atoms with Crippen molar-refractivity contribution in [3.63, 3.8) is 0 Å². The first kappa shape index (κ1) is 11.8. The van der Waals surface area contributed by atoms with Gasteiger partial charge in [-0.25, -0.2) is 0 Å². The fourth-order valence-electron chi connectivity index (χ4n) is 1.77. The van der Waals surface area contributed by atoms with Crippen LogP contribution in [0.4, 0.5) is 0 Å². The van der Waals surface area contributed by atoms with E-state index in [9.17, 15) is 5.11 Å². The van der Waals surface area contributed by atoms with Crippen LogP contribution in [0, 0.1) is 0 Å². The minimum Gasteiger partial charge on any atom is -0.501 e. The lowest BCUT2D eigenvalue weighted by Gasteiger charge is -2.35. The van der Waals surface area contributed by atoms with Gasteiger partial charge in [-0.2, -0.15) is 0 Å². The number of rotatable bonds is 4. The van der Waals surface area contributed by atoms with Gasteiger partial charge in [-0.15, -0.1) is 0 Å². The van der Waals surface area contributed by atoms with Crippen molar-refractivity contribution in [3.8, 4) is 0 Å². The molecule has 1 heterocycles. The molecule has 0 saturated carbocycles. The minimum atomic E-state index is -0.136. The second-order valence-corrected chi connectivity index (χ2v) is 3.91. The van der Waals surface area contributed by atoms with Crippen molar-refractivity contribution in [2.24, 2.45) is 0 Å². The summed E-state index contributed by atoms with van der Waals surface area (Å²) in [5, 5.41) is 12.4. The SMILES string of the molecule is CNC(C(O)=S)[C@@H](C)N1CCOCC1. The third-order valence-corrected chi connectivity index (χ3v) is 2.94. The quantitative estimate of drug-likeness (QED) is 0.659. The molecule has 82 valence electrons. The van der Waals surface area contributed by atoms with E-state index in [1.54, 1.807) is 0 Å². The highest BCUT2D eigenvalue weighted by molar-refractivity contribution is 7.80. The van der Waals surface area contributed by atoms with E-state index in [1.165, 1.54) is 0 Å². The van der Waals surface area contributed by atoms with Crippen molar-refractivity contribution >= 4 is 17.3 Å². The zero-order valence-electron chi connectivity index (χ0n) is 8.69. The van der Waals surface area contributed by atoms with Gasteiger partial charge in [0.2, 0.25) is 0 Å². The normalized spacial score (nSPS) is 23.0. The maximum atomic E-state index is 9.32. The summed E-state index contributed by atoms with van der Waals surface area (Å²) in [7, 11) is 1.81. The molecule has 1 aliphatic rings. The highest BCUT2D eigenvalue weighted by Gasteiger charge is 2.26. The van der Waals surface area contributed by atoms with E-state index in [0.717, 1.165) is 26.3 Å². The van der Waals surface area contributed by atoms with Crippen LogP contribution in [-0.2, 0) is 4.74 Å². The van der Waals surface area contributed by atoms with Gasteiger partial charge in [0.25, 0.3) is 0 Å². The fraction of sp³-hybridized carbons (Fsp3) is 0.889. The van der Waals surface area contributed by atoms with Crippen LogP contribution in [0.1, 0.15) is 6.92 Å². The molecule has 0 radical (unpaired) electrons. The maximum absolute atomic E-state index is 9.32. The molecule has 14 heavy (non-hydrogen) atoms. The predicted octanol–water partition coefficient (Wildman–Crippen LogP) is 0.181. The molecule has 1 fully saturated rings. The monoisotopic (exact) mass is 218 g/mol. The Balaban J connectivity index is 2.51. The van der Waals surface area contributed by atoms with Gasteiger partial charge in [-0.05, 0) is 26.2 Å². The highest BCUT2D eigenvalue weighted by Crippen LogP contribution is 2.08. The number of nitrogens with one attached hydrogen (secondary N) is 1. The van der Waals surface area contributed by atoms with E-state index >= 15 is 0 Å². The molecule has 1 rings (SSSR count). The van der Waals surface area contributed by atoms with Crippen LogP contribution in [0.5, 0.6) is 0 Å². The van der Waals surface area contributed by atoms with Gasteiger partial charge in [0.05, 0.1) is 19.3 Å². The number of nitrogens with zero attached hydrogens (tertiary/aromatic N) is 1. The topological polar surface area (TPSA) is 44.7 Å². The first-order valence-corrected chi connectivity index (χ1v) is 5.29. The molecule has 2 N–H and O–H groups in total. The van der Waals surface area contributed by atoms with Crippen LogP contribution in [0.15, 0.2) is 0 Å². The molecule has 1 aliphatic heterocycles. The van der Waals surface area contributed by atoms with Gasteiger partial charge in [0, 0.05) is 19.1 Å². The van der Waals surface area contributed by atoms with Crippen LogP contribution in [0.25, 0.3) is 0 Å². The summed E-state index contributed by atoms with van der Waals surface area (Å²) in [5.41, 5.74) is 0. The smallest absolute Gasteiger partial charge is 0.175 e. The van der Waals surface area contributed by atoms with E-state index in [-0.39, 0.29) is 17.1 Å². The summed E-state index contributed by atoms with van der Waals surface area (Å²) in [6.07, 6.45) is 0. The molecule has 1 unspecified atom stereocenters. The number of hydrogen-bond acceptors (Lipinski definition) is 4. The number of ether oxygens (including phenoxy) is 1. The van der Waals surface area contributed by atoms with Crippen molar-refractivity contribution in [2.75, 3.05) is 33.4 Å². The molecule has 0 spiro atoms. The minimum absolute atomic E-state index is 0.0338. The van der Waals surface area contributed by atoms with E-state index < -0.39 is 0 Å². The van der Waals surface area contributed by atoms with Crippen molar-refractivity contribution < 1.29 is 9.84 Å². The molecular formula is C9H18N2O2S. The first-order valence-electron chi connectivity index (χ1n) is 4.88. The summed E-state index contributed by atoms with van der Waals surface area (Å²) >= 11 is 4.80. The Labute approximate surface area is 90.2 Å². The van der Waals surface area contributed by atoms with E-state index in [4.69, 9.17) is 17.0 Å². The largest absolute Gasteiger partial charge is 0.501 e. The van der Waals surface area contributed by atoms with E-state index in [2.05, 4.69) is 17.1 Å². The Morgan fingerprint density at radius 3 is 2.50 bits per heavy atom. The average molecular weight is 218 g/mol. The van der Waals surface area contributed by atoms with Crippen LogP contribution in [0.3, 0.4) is 0 Å². The van der Waals surface area contributed by atoms with Crippen molar-refractivity contribution in [1.82, 2.24) is 10.2 Å². The Hall–Kier alpha value is -0.230. The lowest BCUT2D eigenvalue weighted by molar-refractivity contribution is 0.0166. The maximum Gasteiger partial charge on any atom is 0.175 e. The third-order valence-electron chi connectivity index (χ3n) is 2.68. The third kappa shape index (κ3) is 2.88. The first-order chi connectivity index (χ1) is 6.66. The fourth-order valence-corrected chi connectivity index (χ4v) is 2.08. The van der Waals surface area contributed by atoms with E-state index in [1.807, 2.05) is 7.05 Å². The zero-order valence-corrected chi connectivity index (χ0v) is 9.51. The Morgan fingerprint density at radius 2 is 2.07 bits per heavy atom. The summed E-state index contributed by atoms with van der Waals surface area (Å²) < 4.78 is 5.27. The van der Waals surface area contributed by atoms with Gasteiger partial charge in [-0.3, -0.25) is 4.90 Å². The Bertz CT molecular complexity index is 195. The van der Waals surface area contributed by atoms with Crippen LogP contribution >= 0.6 is 12.2 Å². The number of aliphatic hydroxyl groups excluding tert-OH is 1. The van der Waals surface area contributed by atoms with E-state index in [0.29, 0.717) is 0 Å². The average Bonchev–Trinajstić information content (AvgIpc) is 2.19. The van der Waals surface area contributed by atoms with Crippen molar-refractivity contribution in [1.29, 1.82) is 0 Å². The molecule has 5 heteroatoms. The zero-order chi connectivity index (χ0) is 10.6. The van der Waals surface area contributed by atoms with Gasteiger partial charge >= 0.3 is 0 Å². The molecule has 2 atom stereocenters. The molecule has 0 aromatic rings. The summed E-state index contributed by atoms with van der Waals surface area (Å²) in [6, 6.07) is 0.0736. The van der Waals surface area contributed by atoms with Crippen LogP contribution in [-0.4, -0.2) is 60.5 Å². The van der Waals surface area contributed by atoms with Gasteiger partial charge < -0.3 is 15.2 Å². The Morgan fingerprint density at radius 1 is 1.50 bits per heavy atom. The predicted molar refractivity (Wildman–Crippen MR) is 59.9 cm³/mol. The number of hydrogen-bond donors (Lipinski definition) is 2. The Kier molecular flexibility index (Phi) is 4.74. The van der Waals surface area contributed by atoms with Crippen molar-refractivity contribution in [3.05, 3.63) is 0 Å². The molecule has 0 bridgehead atoms. The number of likely N-dealkylation sites (N-methyl/N-ethyl adjacent to an activating group) is 1. The number of thiocarbonyl (C=S) groups is 1. The second kappa shape index (κ2) is 5.60. The lowest BCUT2D eigenvalue weighted by Crippen LogP contribution is -2.54. The number of morpholine rings is 1. The molecule has 0 aliphatic carbocycles. The van der Waals surface area contributed by atoms with Crippen LogP contribution in [0.2, 0.25) is 0 Å². The molecule has 4 nitrogen and oxygen atoms in total. The summed E-state index contributed by atoms with van der Waals surface area (Å²) in [4.78, 5) is 2.27. The number of aliphatic hydroxyl groups is 1. The lowest BCUT2D eigenvalue weighted by atomic mass is 10.1. The van der Waals surface area contributed by atoms with Gasteiger partial charge in [0.1, 0.15) is 0 Å². The molecular weight excluding hydrogens is 200 g/mol. The molecule has 1 saturated heterocycles. The van der Waals surface area contributed by atoms with Crippen LogP contribution < -0.4 is 5.32 Å². The highest BCUT2D eigenvalue weighted by atomic mass is 32.1. The summed E-state index contributed by atoms with van der Waals surface area (Å²) in [5.74, 6) is 0. The molecule has 0 aromatic heterocycles. The summed E-state index contributed by atoms with van der Waals surface area (Å²) in [6.45, 7) is 5.40. The van der Waals surface area contributed by atoms with Gasteiger partial charge in [0.15, 0.2) is 5.05 Å². The standard InChI is InChI=1S/C9H18N2O2S/c1-7(8(10-2)9(12)14)11-3-5-13-6-4-11/h7-8,10H,3-6H2,1-2H3,(H,12,14)/t7-,8?/m1/s1. The molecule has 0 aromatic carbocycles. The molecule has 0 amide bonds. The second-order valence-electron chi connectivity index (χ2n) is 3.49. The van der Waals surface area contributed by atoms with Gasteiger partial charge in [-0.1, -0.05) is 0 Å².